The van der Waals surface area contributed by atoms with Gasteiger partial charge in [0.15, 0.2) is 11.3 Å². The van der Waals surface area contributed by atoms with E-state index in [0.29, 0.717) is 11.8 Å². The molecule has 0 aliphatic carbocycles. The number of aliphatic hydroxyl groups excluding tert-OH is 3. The van der Waals surface area contributed by atoms with Gasteiger partial charge in [0.25, 0.3) is 0 Å². The Morgan fingerprint density at radius 2 is 2.04 bits per heavy atom. The Morgan fingerprint density at radius 1 is 1.43 bits per heavy atom. The highest BCUT2D eigenvalue weighted by Crippen LogP contribution is 2.40. The predicted octanol–water partition coefficient (Wildman–Crippen LogP) is -0.172. The number of thioether (sulfide) groups is 1. The summed E-state index contributed by atoms with van der Waals surface area (Å²) in [5, 5.41) is 37.9. The molecular formula is C11H15F3N2O6S. The van der Waals surface area contributed by atoms with Crippen LogP contribution in [0.3, 0.4) is 0 Å². The Bertz CT molecular complexity index is 505. The van der Waals surface area contributed by atoms with E-state index in [2.05, 4.69) is 4.99 Å². The fourth-order valence-corrected chi connectivity index (χ4v) is 3.57. The zero-order valence-corrected chi connectivity index (χ0v) is 12.5. The number of alkyl halides is 3. The van der Waals surface area contributed by atoms with Gasteiger partial charge < -0.3 is 25.2 Å². The molecule has 2 rings (SSSR count). The summed E-state index contributed by atoms with van der Waals surface area (Å²) in [5.41, 5.74) is -1.14. The molecule has 1 saturated heterocycles. The van der Waals surface area contributed by atoms with Crippen molar-refractivity contribution in [2.45, 2.75) is 49.0 Å². The summed E-state index contributed by atoms with van der Waals surface area (Å²) in [7, 11) is 0. The molecule has 23 heavy (non-hydrogen) atoms. The van der Waals surface area contributed by atoms with E-state index in [4.69, 9.17) is 9.84 Å². The number of halogens is 3. The van der Waals surface area contributed by atoms with Gasteiger partial charge in [-0.05, 0) is 6.92 Å². The average molecular weight is 360 g/mol. The number of aliphatic hydroxyl groups is 3. The number of aliphatic imine (C=N–C) groups is 1. The van der Waals surface area contributed by atoms with Crippen molar-refractivity contribution in [3.63, 3.8) is 0 Å². The van der Waals surface area contributed by atoms with Crippen molar-refractivity contribution in [1.29, 1.82) is 0 Å². The van der Waals surface area contributed by atoms with E-state index < -0.39 is 48.2 Å². The number of rotatable bonds is 2. The molecule has 0 radical (unpaired) electrons. The lowest BCUT2D eigenvalue weighted by atomic mass is 9.94. The maximum absolute atomic E-state index is 12.6. The van der Waals surface area contributed by atoms with E-state index in [-0.39, 0.29) is 11.7 Å². The van der Waals surface area contributed by atoms with Gasteiger partial charge in [0.1, 0.15) is 29.8 Å². The second kappa shape index (κ2) is 6.43. The van der Waals surface area contributed by atoms with Crippen molar-refractivity contribution < 1.29 is 43.1 Å². The molecule has 8 nitrogen and oxygen atoms in total. The maximum Gasteiger partial charge on any atom is 0.417 e. The summed E-state index contributed by atoms with van der Waals surface area (Å²) in [4.78, 5) is 15.8. The molecule has 0 aromatic rings. The van der Waals surface area contributed by atoms with Crippen molar-refractivity contribution >= 4 is 23.0 Å². The van der Waals surface area contributed by atoms with E-state index in [1.165, 1.54) is 6.92 Å². The van der Waals surface area contributed by atoms with Gasteiger partial charge in [0.2, 0.25) is 0 Å². The average Bonchev–Trinajstić information content (AvgIpc) is 2.85. The molecule has 0 saturated carbocycles. The van der Waals surface area contributed by atoms with Crippen LogP contribution in [0, 0.1) is 0 Å². The standard InChI is InChI=1S/C11H15F3N2O6S/c1-2-16(10(20)21)9-15-3-4(17)5(18)6(22-8(3)23-9)7(19)11(12,13)14/h3-8,17-19H,2H2,1H3,(H,20,21)/t3-,4-,5+,6+,7-,8-/m1/s1. The molecule has 132 valence electrons. The van der Waals surface area contributed by atoms with Crippen molar-refractivity contribution in [2.24, 2.45) is 4.99 Å². The van der Waals surface area contributed by atoms with Crippen LogP contribution in [0.2, 0.25) is 0 Å². The molecule has 12 heteroatoms. The molecule has 0 aromatic carbocycles. The predicted molar refractivity (Wildman–Crippen MR) is 72.0 cm³/mol. The first kappa shape index (κ1) is 18.3. The van der Waals surface area contributed by atoms with E-state index >= 15 is 0 Å². The molecule has 0 unspecified atom stereocenters. The molecule has 0 aromatic heterocycles. The summed E-state index contributed by atoms with van der Waals surface area (Å²) in [6.07, 6.45) is -15.2. The minimum Gasteiger partial charge on any atom is -0.465 e. The number of nitrogens with zero attached hydrogens (tertiary/aromatic N) is 2. The zero-order chi connectivity index (χ0) is 17.5. The van der Waals surface area contributed by atoms with Crippen LogP contribution in [0.1, 0.15) is 6.92 Å². The number of ether oxygens (including phenoxy) is 1. The minimum absolute atomic E-state index is 0.0356. The van der Waals surface area contributed by atoms with E-state index in [9.17, 15) is 33.3 Å². The Labute approximate surface area is 132 Å². The van der Waals surface area contributed by atoms with Crippen LogP contribution in [0.5, 0.6) is 0 Å². The number of amides is 1. The Balaban J connectivity index is 2.20. The highest BCUT2D eigenvalue weighted by atomic mass is 32.2. The largest absolute Gasteiger partial charge is 0.465 e. The molecule has 4 N–H and O–H groups in total. The molecule has 6 atom stereocenters. The summed E-state index contributed by atoms with van der Waals surface area (Å²) in [6.45, 7) is 1.56. The monoisotopic (exact) mass is 360 g/mol. The van der Waals surface area contributed by atoms with Crippen molar-refractivity contribution in [3.05, 3.63) is 0 Å². The number of carboxylic acid groups (broad SMARTS) is 1. The van der Waals surface area contributed by atoms with Gasteiger partial charge in [-0.2, -0.15) is 13.2 Å². The summed E-state index contributed by atoms with van der Waals surface area (Å²) in [6, 6.07) is -1.13. The fraction of sp³-hybridized carbons (Fsp3) is 0.818. The third kappa shape index (κ3) is 3.40. The van der Waals surface area contributed by atoms with Crippen LogP contribution in [0.4, 0.5) is 18.0 Å². The summed E-state index contributed by atoms with van der Waals surface area (Å²) >= 11 is 0.716. The minimum atomic E-state index is -5.04. The second-order valence-corrected chi connectivity index (χ2v) is 6.05. The lowest BCUT2D eigenvalue weighted by molar-refractivity contribution is -0.271. The van der Waals surface area contributed by atoms with Gasteiger partial charge >= 0.3 is 12.3 Å². The molecule has 2 aliphatic heterocycles. The summed E-state index contributed by atoms with van der Waals surface area (Å²) in [5.74, 6) is 0. The molecule has 2 heterocycles. The first-order valence-electron chi connectivity index (χ1n) is 6.59. The lowest BCUT2D eigenvalue weighted by Crippen LogP contribution is -2.60. The molecule has 0 spiro atoms. The fourth-order valence-electron chi connectivity index (χ4n) is 2.30. The van der Waals surface area contributed by atoms with Gasteiger partial charge in [-0.3, -0.25) is 9.89 Å². The van der Waals surface area contributed by atoms with E-state index in [1.54, 1.807) is 0 Å². The van der Waals surface area contributed by atoms with Crippen LogP contribution in [-0.2, 0) is 4.74 Å². The summed E-state index contributed by atoms with van der Waals surface area (Å²) < 4.78 is 42.8. The number of amidine groups is 1. The van der Waals surface area contributed by atoms with Crippen LogP contribution in [-0.4, -0.2) is 85.2 Å². The van der Waals surface area contributed by atoms with Gasteiger partial charge in [-0.15, -0.1) is 0 Å². The number of hydrogen-bond donors (Lipinski definition) is 4. The smallest absolute Gasteiger partial charge is 0.417 e. The molecular weight excluding hydrogens is 345 g/mol. The highest BCUT2D eigenvalue weighted by molar-refractivity contribution is 8.14. The number of fused-ring (bicyclic) bond motifs is 1. The topological polar surface area (TPSA) is 123 Å². The Hall–Kier alpha value is -1.08. The third-order valence-corrected chi connectivity index (χ3v) is 4.67. The zero-order valence-electron chi connectivity index (χ0n) is 11.7. The first-order valence-corrected chi connectivity index (χ1v) is 7.47. The van der Waals surface area contributed by atoms with Gasteiger partial charge in [0.05, 0.1) is 0 Å². The normalized spacial score (nSPS) is 35.4. The quantitative estimate of drug-likeness (QED) is 0.539. The molecule has 1 fully saturated rings. The SMILES string of the molecule is CCN(C(=O)O)C1=N[C@@H]2[C@@H](O)[C@H](O)[C@@H]([C@@H](O)C(F)(F)F)O[C@@H]2S1. The van der Waals surface area contributed by atoms with Crippen LogP contribution in [0.15, 0.2) is 4.99 Å². The third-order valence-electron chi connectivity index (χ3n) is 3.51. The van der Waals surface area contributed by atoms with Crippen molar-refractivity contribution in [3.8, 4) is 0 Å². The van der Waals surface area contributed by atoms with E-state index in [0.717, 1.165) is 4.90 Å². The Kier molecular flexibility index (Phi) is 5.11. The van der Waals surface area contributed by atoms with Crippen LogP contribution >= 0.6 is 11.8 Å². The maximum atomic E-state index is 12.6. The van der Waals surface area contributed by atoms with Crippen LogP contribution < -0.4 is 0 Å². The van der Waals surface area contributed by atoms with E-state index in [1.807, 2.05) is 0 Å². The van der Waals surface area contributed by atoms with Crippen molar-refractivity contribution in [2.75, 3.05) is 6.54 Å². The number of carbonyl (C=O) groups is 1. The second-order valence-electron chi connectivity index (χ2n) is 4.98. The van der Waals surface area contributed by atoms with Gasteiger partial charge in [-0.1, -0.05) is 11.8 Å². The molecule has 0 bridgehead atoms. The Morgan fingerprint density at radius 3 is 2.52 bits per heavy atom. The lowest BCUT2D eigenvalue weighted by Gasteiger charge is -2.40. The first-order chi connectivity index (χ1) is 10.6. The molecule has 2 aliphatic rings. The van der Waals surface area contributed by atoms with Gasteiger partial charge in [-0.25, -0.2) is 4.79 Å². The molecule has 1 amide bonds. The highest BCUT2D eigenvalue weighted by Gasteiger charge is 2.56. The van der Waals surface area contributed by atoms with Crippen molar-refractivity contribution in [1.82, 2.24) is 4.90 Å². The number of hydrogen-bond acceptors (Lipinski definition) is 7. The van der Waals surface area contributed by atoms with Crippen LogP contribution in [0.25, 0.3) is 0 Å². The van der Waals surface area contributed by atoms with Gasteiger partial charge in [0, 0.05) is 6.54 Å².